The highest BCUT2D eigenvalue weighted by atomic mass is 16.5. The van der Waals surface area contributed by atoms with E-state index in [1.54, 1.807) is 6.08 Å². The lowest BCUT2D eigenvalue weighted by atomic mass is 9.81. The average Bonchev–Trinajstić information content (AvgIpc) is 2.57. The second-order valence-corrected chi connectivity index (χ2v) is 7.95. The summed E-state index contributed by atoms with van der Waals surface area (Å²) >= 11 is 0. The van der Waals surface area contributed by atoms with Crippen LogP contribution in [0.1, 0.15) is 66.2 Å². The number of hydrogen-bond donors (Lipinski definition) is 1. The molecule has 146 valence electrons. The first kappa shape index (κ1) is 22.4. The van der Waals surface area contributed by atoms with Crippen LogP contribution in [0, 0.1) is 11.3 Å². The van der Waals surface area contributed by atoms with Crippen molar-refractivity contribution in [3.8, 4) is 0 Å². The predicted molar refractivity (Wildman–Crippen MR) is 105 cm³/mol. The van der Waals surface area contributed by atoms with Gasteiger partial charge in [-0.25, -0.2) is 0 Å². The number of carbonyl (C=O) groups excluding carboxylic acids is 2. The van der Waals surface area contributed by atoms with Crippen molar-refractivity contribution in [1.29, 1.82) is 0 Å². The lowest BCUT2D eigenvalue weighted by Crippen LogP contribution is -2.22. The molecule has 0 radical (unpaired) electrons. The molecule has 0 bridgehead atoms. The highest BCUT2D eigenvalue weighted by Crippen LogP contribution is 2.31. The number of ether oxygens (including phenoxy) is 1. The number of rotatable bonds is 4. The second kappa shape index (κ2) is 10.5. The Bertz CT molecular complexity index is 573. The highest BCUT2D eigenvalue weighted by Gasteiger charge is 2.25. The van der Waals surface area contributed by atoms with Gasteiger partial charge in [-0.1, -0.05) is 36.8 Å². The lowest BCUT2D eigenvalue weighted by Gasteiger charge is -2.24. The van der Waals surface area contributed by atoms with Crippen LogP contribution in [0.15, 0.2) is 35.5 Å². The second-order valence-electron chi connectivity index (χ2n) is 7.95. The van der Waals surface area contributed by atoms with Gasteiger partial charge >= 0.3 is 5.97 Å². The SMILES string of the molecule is C=C(C)[C@H]1CC/C(C)=C/CCC(C)(C=O)CC/C(COC(C)=O)=C\[C@@H]1O. The van der Waals surface area contributed by atoms with Crippen molar-refractivity contribution in [3.63, 3.8) is 0 Å². The highest BCUT2D eigenvalue weighted by molar-refractivity contribution is 5.66. The van der Waals surface area contributed by atoms with Gasteiger partial charge in [0.15, 0.2) is 0 Å². The maximum atomic E-state index is 11.6. The molecule has 0 spiro atoms. The first-order valence-electron chi connectivity index (χ1n) is 9.45. The number of carbonyl (C=O) groups is 2. The quantitative estimate of drug-likeness (QED) is 0.453. The summed E-state index contributed by atoms with van der Waals surface area (Å²) in [4.78, 5) is 22.8. The zero-order chi connectivity index (χ0) is 19.7. The Kier molecular flexibility index (Phi) is 9.00. The molecule has 26 heavy (non-hydrogen) atoms. The Labute approximate surface area is 158 Å². The van der Waals surface area contributed by atoms with E-state index < -0.39 is 11.5 Å². The fourth-order valence-corrected chi connectivity index (χ4v) is 3.29. The molecule has 0 aromatic heterocycles. The monoisotopic (exact) mass is 362 g/mol. The Hall–Kier alpha value is -1.68. The summed E-state index contributed by atoms with van der Waals surface area (Å²) in [5.41, 5.74) is 2.66. The van der Waals surface area contributed by atoms with Crippen LogP contribution < -0.4 is 0 Å². The third-order valence-corrected chi connectivity index (χ3v) is 5.27. The maximum absolute atomic E-state index is 11.6. The van der Waals surface area contributed by atoms with Crippen molar-refractivity contribution in [3.05, 3.63) is 35.5 Å². The summed E-state index contributed by atoms with van der Waals surface area (Å²) in [7, 11) is 0. The van der Waals surface area contributed by atoms with Gasteiger partial charge in [0.25, 0.3) is 0 Å². The van der Waals surface area contributed by atoms with Crippen molar-refractivity contribution in [2.24, 2.45) is 11.3 Å². The van der Waals surface area contributed by atoms with Gasteiger partial charge in [0.2, 0.25) is 0 Å². The fourth-order valence-electron chi connectivity index (χ4n) is 3.29. The van der Waals surface area contributed by atoms with Crippen LogP contribution in [0.4, 0.5) is 0 Å². The number of aldehydes is 1. The van der Waals surface area contributed by atoms with Crippen LogP contribution >= 0.6 is 0 Å². The summed E-state index contributed by atoms with van der Waals surface area (Å²) in [6.45, 7) is 11.6. The lowest BCUT2D eigenvalue weighted by molar-refractivity contribution is -0.140. The molecule has 3 atom stereocenters. The summed E-state index contributed by atoms with van der Waals surface area (Å²) in [6, 6.07) is 0. The molecule has 0 aromatic carbocycles. The molecule has 0 saturated carbocycles. The van der Waals surface area contributed by atoms with Crippen LogP contribution in [0.25, 0.3) is 0 Å². The first-order chi connectivity index (χ1) is 12.2. The van der Waals surface area contributed by atoms with E-state index in [1.165, 1.54) is 12.5 Å². The van der Waals surface area contributed by atoms with Gasteiger partial charge in [-0.15, -0.1) is 0 Å². The van der Waals surface area contributed by atoms with E-state index in [0.29, 0.717) is 12.8 Å². The molecule has 0 fully saturated rings. The minimum atomic E-state index is -0.672. The number of aliphatic hydroxyl groups is 1. The fraction of sp³-hybridized carbons (Fsp3) is 0.636. The number of allylic oxidation sites excluding steroid dienone is 2. The first-order valence-corrected chi connectivity index (χ1v) is 9.45. The smallest absolute Gasteiger partial charge is 0.302 e. The molecule has 1 aliphatic carbocycles. The third kappa shape index (κ3) is 7.69. The van der Waals surface area contributed by atoms with Gasteiger partial charge in [-0.2, -0.15) is 0 Å². The van der Waals surface area contributed by atoms with Gasteiger partial charge in [-0.3, -0.25) is 4.79 Å². The van der Waals surface area contributed by atoms with Crippen molar-refractivity contribution in [1.82, 2.24) is 0 Å². The molecule has 1 N–H and O–H groups in total. The third-order valence-electron chi connectivity index (χ3n) is 5.27. The topological polar surface area (TPSA) is 63.6 Å². The van der Waals surface area contributed by atoms with E-state index in [-0.39, 0.29) is 18.5 Å². The summed E-state index contributed by atoms with van der Waals surface area (Å²) < 4.78 is 5.15. The van der Waals surface area contributed by atoms with Crippen LogP contribution in [0.5, 0.6) is 0 Å². The van der Waals surface area contributed by atoms with Crippen molar-refractivity contribution in [2.75, 3.05) is 6.61 Å². The Morgan fingerprint density at radius 2 is 2.08 bits per heavy atom. The van der Waals surface area contributed by atoms with Crippen LogP contribution in [0.3, 0.4) is 0 Å². The van der Waals surface area contributed by atoms with Crippen LogP contribution in [-0.2, 0) is 14.3 Å². The molecule has 4 nitrogen and oxygen atoms in total. The number of hydrogen-bond acceptors (Lipinski definition) is 4. The Morgan fingerprint density at radius 1 is 1.38 bits per heavy atom. The molecule has 4 heteroatoms. The largest absolute Gasteiger partial charge is 0.461 e. The van der Waals surface area contributed by atoms with E-state index in [1.807, 2.05) is 13.8 Å². The Morgan fingerprint density at radius 3 is 2.65 bits per heavy atom. The van der Waals surface area contributed by atoms with Gasteiger partial charge in [-0.05, 0) is 57.9 Å². The van der Waals surface area contributed by atoms with Gasteiger partial charge in [0, 0.05) is 18.3 Å². The van der Waals surface area contributed by atoms with E-state index >= 15 is 0 Å². The average molecular weight is 363 g/mol. The molecule has 0 saturated heterocycles. The molecule has 1 aliphatic rings. The maximum Gasteiger partial charge on any atom is 0.302 e. The zero-order valence-corrected chi connectivity index (χ0v) is 16.7. The summed E-state index contributed by atoms with van der Waals surface area (Å²) in [5.74, 6) is -0.387. The molecule has 0 aliphatic heterocycles. The standard InChI is InChI=1S/C22H34O4/c1-16(2)20-9-8-17(3)7-6-11-22(5,15-23)12-10-19(13-21(20)25)14-26-18(4)24/h7,13,15,20-21,25H,1,6,8-12,14H2,2-5H3/b17-7+,19-13+/t20-,21+,22?/m1/s1. The van der Waals surface area contributed by atoms with Gasteiger partial charge in [0.05, 0.1) is 6.10 Å². The van der Waals surface area contributed by atoms with E-state index in [2.05, 4.69) is 19.6 Å². The van der Waals surface area contributed by atoms with Gasteiger partial charge < -0.3 is 14.6 Å². The molecule has 0 amide bonds. The zero-order valence-electron chi connectivity index (χ0n) is 16.7. The van der Waals surface area contributed by atoms with E-state index in [0.717, 1.165) is 43.1 Å². The van der Waals surface area contributed by atoms with E-state index in [4.69, 9.17) is 4.74 Å². The summed E-state index contributed by atoms with van der Waals surface area (Å²) in [5, 5.41) is 10.7. The van der Waals surface area contributed by atoms with Crippen molar-refractivity contribution < 1.29 is 19.4 Å². The molecular formula is C22H34O4. The molecular weight excluding hydrogens is 328 g/mol. The van der Waals surface area contributed by atoms with Crippen molar-refractivity contribution >= 4 is 12.3 Å². The molecule has 0 aromatic rings. The normalized spacial score (nSPS) is 32.5. The minimum Gasteiger partial charge on any atom is -0.461 e. The van der Waals surface area contributed by atoms with Gasteiger partial charge in [0.1, 0.15) is 12.9 Å². The molecule has 1 rings (SSSR count). The van der Waals surface area contributed by atoms with Crippen LogP contribution in [-0.4, -0.2) is 30.1 Å². The number of aliphatic hydroxyl groups excluding tert-OH is 1. The predicted octanol–water partition coefficient (Wildman–Crippen LogP) is 4.53. The van der Waals surface area contributed by atoms with E-state index in [9.17, 15) is 14.7 Å². The van der Waals surface area contributed by atoms with Crippen molar-refractivity contribution in [2.45, 2.75) is 72.3 Å². The molecule has 1 unspecified atom stereocenters. The minimum absolute atomic E-state index is 0.0381. The Balaban J connectivity index is 3.12. The molecule has 0 heterocycles. The number of esters is 1. The summed E-state index contributed by atoms with van der Waals surface area (Å²) in [6.07, 6.45) is 9.01. The van der Waals surface area contributed by atoms with Crippen LogP contribution in [0.2, 0.25) is 0 Å².